The van der Waals surface area contributed by atoms with E-state index in [0.29, 0.717) is 24.3 Å². The number of benzene rings is 1. The monoisotopic (exact) mass is 309 g/mol. The Morgan fingerprint density at radius 1 is 1.50 bits per heavy atom. The van der Waals surface area contributed by atoms with Gasteiger partial charge >= 0.3 is 0 Å². The Balaban J connectivity index is 0.00000128. The van der Waals surface area contributed by atoms with Gasteiger partial charge in [-0.15, -0.1) is 12.4 Å². The fourth-order valence-corrected chi connectivity index (χ4v) is 2.36. The van der Waals surface area contributed by atoms with Crippen molar-refractivity contribution in [2.75, 3.05) is 19.8 Å². The van der Waals surface area contributed by atoms with Gasteiger partial charge in [-0.2, -0.15) is 0 Å². The van der Waals surface area contributed by atoms with Gasteiger partial charge in [0.05, 0.1) is 19.3 Å². The standard InChI is InChI=1S/C11H13BrFNO.ClH/c1-7-4-8(12)5-9(11(7)13)10-6-15-3-2-14-10;/h4-5,10,14H,2-3,6H2,1H3;1H/t10-;/m1./s1. The number of hydrogen-bond acceptors (Lipinski definition) is 2. The molecule has 0 aromatic heterocycles. The minimum absolute atomic E-state index is 0. The highest BCUT2D eigenvalue weighted by molar-refractivity contribution is 9.10. The number of rotatable bonds is 1. The summed E-state index contributed by atoms with van der Waals surface area (Å²) >= 11 is 3.38. The van der Waals surface area contributed by atoms with Gasteiger partial charge in [-0.05, 0) is 24.6 Å². The molecule has 0 radical (unpaired) electrons. The first-order valence-corrected chi connectivity index (χ1v) is 5.74. The van der Waals surface area contributed by atoms with Crippen LogP contribution in [0.1, 0.15) is 17.2 Å². The third-order valence-electron chi connectivity index (χ3n) is 2.54. The fourth-order valence-electron chi connectivity index (χ4n) is 1.77. The van der Waals surface area contributed by atoms with E-state index in [1.54, 1.807) is 13.0 Å². The molecule has 1 aliphatic rings. The highest BCUT2D eigenvalue weighted by Crippen LogP contribution is 2.25. The van der Waals surface area contributed by atoms with Crippen molar-refractivity contribution in [2.24, 2.45) is 0 Å². The van der Waals surface area contributed by atoms with Crippen LogP contribution in [0.3, 0.4) is 0 Å². The third-order valence-corrected chi connectivity index (χ3v) is 3.00. The third kappa shape index (κ3) is 2.94. The second kappa shape index (κ2) is 5.96. The van der Waals surface area contributed by atoms with Crippen LogP contribution in [0.25, 0.3) is 0 Å². The lowest BCUT2D eigenvalue weighted by Crippen LogP contribution is -2.35. The summed E-state index contributed by atoms with van der Waals surface area (Å²) in [6.07, 6.45) is 0. The van der Waals surface area contributed by atoms with E-state index in [9.17, 15) is 4.39 Å². The van der Waals surface area contributed by atoms with Gasteiger partial charge in [-0.25, -0.2) is 4.39 Å². The zero-order valence-corrected chi connectivity index (χ0v) is 11.3. The van der Waals surface area contributed by atoms with Gasteiger partial charge in [0.25, 0.3) is 0 Å². The predicted octanol–water partition coefficient (Wildman–Crippen LogP) is 2.98. The Labute approximate surface area is 109 Å². The molecule has 2 nitrogen and oxygen atoms in total. The molecule has 1 saturated heterocycles. The normalized spacial score (nSPS) is 20.3. The van der Waals surface area contributed by atoms with E-state index in [1.807, 2.05) is 6.07 Å². The van der Waals surface area contributed by atoms with Crippen LogP contribution in [0.4, 0.5) is 4.39 Å². The molecule has 1 atom stereocenters. The molecule has 0 unspecified atom stereocenters. The topological polar surface area (TPSA) is 21.3 Å². The predicted molar refractivity (Wildman–Crippen MR) is 67.6 cm³/mol. The maximum atomic E-state index is 13.8. The summed E-state index contributed by atoms with van der Waals surface area (Å²) in [5.74, 6) is -0.138. The molecule has 2 rings (SSSR count). The van der Waals surface area contributed by atoms with E-state index in [4.69, 9.17) is 4.74 Å². The van der Waals surface area contributed by atoms with E-state index in [1.165, 1.54) is 0 Å². The van der Waals surface area contributed by atoms with E-state index < -0.39 is 0 Å². The van der Waals surface area contributed by atoms with Crippen molar-refractivity contribution in [3.05, 3.63) is 33.5 Å². The molecule has 5 heteroatoms. The maximum absolute atomic E-state index is 13.8. The Morgan fingerprint density at radius 2 is 2.25 bits per heavy atom. The molecule has 0 spiro atoms. The Hall–Kier alpha value is -0.160. The first-order valence-electron chi connectivity index (χ1n) is 4.95. The second-order valence-corrected chi connectivity index (χ2v) is 4.62. The fraction of sp³-hybridized carbons (Fsp3) is 0.455. The minimum atomic E-state index is -0.138. The molecule has 1 N–H and O–H groups in total. The Morgan fingerprint density at radius 3 is 2.88 bits per heavy atom. The highest BCUT2D eigenvalue weighted by atomic mass is 79.9. The van der Waals surface area contributed by atoms with E-state index in [-0.39, 0.29) is 24.3 Å². The zero-order valence-electron chi connectivity index (χ0n) is 8.93. The highest BCUT2D eigenvalue weighted by Gasteiger charge is 2.20. The lowest BCUT2D eigenvalue weighted by Gasteiger charge is -2.25. The van der Waals surface area contributed by atoms with Gasteiger partial charge in [0.15, 0.2) is 0 Å². The van der Waals surface area contributed by atoms with Gasteiger partial charge in [-0.1, -0.05) is 15.9 Å². The summed E-state index contributed by atoms with van der Waals surface area (Å²) < 4.78 is 20.1. The molecule has 1 fully saturated rings. The molecular weight excluding hydrogens is 296 g/mol. The van der Waals surface area contributed by atoms with Gasteiger partial charge < -0.3 is 10.1 Å². The quantitative estimate of drug-likeness (QED) is 0.861. The molecule has 16 heavy (non-hydrogen) atoms. The second-order valence-electron chi connectivity index (χ2n) is 3.71. The summed E-state index contributed by atoms with van der Waals surface area (Å²) in [7, 11) is 0. The van der Waals surface area contributed by atoms with Crippen molar-refractivity contribution in [3.8, 4) is 0 Å². The number of aryl methyl sites for hydroxylation is 1. The lowest BCUT2D eigenvalue weighted by atomic mass is 10.0. The molecule has 1 heterocycles. The first kappa shape index (κ1) is 13.9. The van der Waals surface area contributed by atoms with Crippen molar-refractivity contribution in [1.82, 2.24) is 5.32 Å². The van der Waals surface area contributed by atoms with Crippen molar-refractivity contribution in [1.29, 1.82) is 0 Å². The number of halogens is 3. The average Bonchev–Trinajstić information content (AvgIpc) is 2.24. The smallest absolute Gasteiger partial charge is 0.131 e. The van der Waals surface area contributed by atoms with Gasteiger partial charge in [0, 0.05) is 16.6 Å². The molecule has 1 aromatic carbocycles. The summed E-state index contributed by atoms with van der Waals surface area (Å²) in [5, 5.41) is 3.24. The molecule has 0 aliphatic carbocycles. The summed E-state index contributed by atoms with van der Waals surface area (Å²) in [5.41, 5.74) is 1.34. The van der Waals surface area contributed by atoms with Gasteiger partial charge in [-0.3, -0.25) is 0 Å². The summed E-state index contributed by atoms with van der Waals surface area (Å²) in [6.45, 7) is 3.78. The molecule has 0 bridgehead atoms. The Kier molecular flexibility index (Phi) is 5.18. The van der Waals surface area contributed by atoms with E-state index in [2.05, 4.69) is 21.2 Å². The van der Waals surface area contributed by atoms with Gasteiger partial charge in [0.1, 0.15) is 5.82 Å². The summed E-state index contributed by atoms with van der Waals surface area (Å²) in [4.78, 5) is 0. The average molecular weight is 311 g/mol. The van der Waals surface area contributed by atoms with Gasteiger partial charge in [0.2, 0.25) is 0 Å². The molecule has 0 saturated carbocycles. The molecule has 0 amide bonds. The zero-order chi connectivity index (χ0) is 10.8. The molecular formula is C11H14BrClFNO. The summed E-state index contributed by atoms with van der Waals surface area (Å²) in [6, 6.07) is 3.56. The van der Waals surface area contributed by atoms with E-state index in [0.717, 1.165) is 11.0 Å². The van der Waals surface area contributed by atoms with Crippen molar-refractivity contribution in [3.63, 3.8) is 0 Å². The van der Waals surface area contributed by atoms with Crippen LogP contribution in [-0.2, 0) is 4.74 Å². The minimum Gasteiger partial charge on any atom is -0.378 e. The van der Waals surface area contributed by atoms with Crippen LogP contribution in [0.5, 0.6) is 0 Å². The van der Waals surface area contributed by atoms with E-state index >= 15 is 0 Å². The number of nitrogens with one attached hydrogen (secondary N) is 1. The number of hydrogen-bond donors (Lipinski definition) is 1. The lowest BCUT2D eigenvalue weighted by molar-refractivity contribution is 0.0757. The molecule has 1 aliphatic heterocycles. The Bertz CT molecular complexity index is 369. The van der Waals surface area contributed by atoms with Crippen molar-refractivity contribution >= 4 is 28.3 Å². The number of morpholine rings is 1. The molecule has 90 valence electrons. The van der Waals surface area contributed by atoms with Crippen molar-refractivity contribution < 1.29 is 9.13 Å². The first-order chi connectivity index (χ1) is 7.18. The van der Waals surface area contributed by atoms with Crippen LogP contribution >= 0.6 is 28.3 Å². The SMILES string of the molecule is Cc1cc(Br)cc([C@H]2COCCN2)c1F.Cl. The van der Waals surface area contributed by atoms with Crippen molar-refractivity contribution in [2.45, 2.75) is 13.0 Å². The van der Waals surface area contributed by atoms with Crippen LogP contribution in [0.15, 0.2) is 16.6 Å². The van der Waals surface area contributed by atoms with Crippen LogP contribution < -0.4 is 5.32 Å². The van der Waals surface area contributed by atoms with Crippen LogP contribution in [0, 0.1) is 12.7 Å². The van der Waals surface area contributed by atoms with Crippen LogP contribution in [-0.4, -0.2) is 19.8 Å². The largest absolute Gasteiger partial charge is 0.378 e. The molecule has 1 aromatic rings. The number of ether oxygens (including phenoxy) is 1. The van der Waals surface area contributed by atoms with Crippen LogP contribution in [0.2, 0.25) is 0 Å². The maximum Gasteiger partial charge on any atom is 0.131 e.